The molecule has 0 unspecified atom stereocenters. The van der Waals surface area contributed by atoms with E-state index in [4.69, 9.17) is 9.47 Å². The van der Waals surface area contributed by atoms with Gasteiger partial charge in [-0.25, -0.2) is 0 Å². The van der Waals surface area contributed by atoms with Crippen LogP contribution < -0.4 is 4.74 Å². The van der Waals surface area contributed by atoms with Crippen LogP contribution in [0.15, 0.2) is 29.2 Å². The summed E-state index contributed by atoms with van der Waals surface area (Å²) < 4.78 is 10.0. The van der Waals surface area contributed by atoms with Gasteiger partial charge in [0.25, 0.3) is 0 Å². The van der Waals surface area contributed by atoms with Crippen LogP contribution in [-0.4, -0.2) is 25.4 Å². The molecule has 0 atom stereocenters. The van der Waals surface area contributed by atoms with Crippen LogP contribution in [0.25, 0.3) is 0 Å². The number of hydrogen-bond acceptors (Lipinski definition) is 4. The number of benzene rings is 1. The van der Waals surface area contributed by atoms with E-state index in [9.17, 15) is 4.79 Å². The van der Waals surface area contributed by atoms with E-state index in [2.05, 4.69) is 0 Å². The lowest BCUT2D eigenvalue weighted by Gasteiger charge is -2.06. The molecule has 0 N–H and O–H groups in total. The van der Waals surface area contributed by atoms with Crippen molar-refractivity contribution < 1.29 is 14.3 Å². The van der Waals surface area contributed by atoms with Gasteiger partial charge in [0, 0.05) is 4.90 Å². The van der Waals surface area contributed by atoms with E-state index < -0.39 is 0 Å². The number of methoxy groups -OCH3 is 1. The first-order valence-electron chi connectivity index (χ1n) is 4.69. The Kier molecular flexibility index (Phi) is 5.04. The van der Waals surface area contributed by atoms with Gasteiger partial charge in [-0.2, -0.15) is 0 Å². The highest BCUT2D eigenvalue weighted by molar-refractivity contribution is 8.00. The van der Waals surface area contributed by atoms with Crippen molar-refractivity contribution in [1.82, 2.24) is 0 Å². The standard InChI is InChI=1S/C11H14O3S/c1-3-14-11(12)8-15-10-7-5-4-6-9(10)13-2/h4-7H,3,8H2,1-2H3. The van der Waals surface area contributed by atoms with Crippen LogP contribution >= 0.6 is 11.8 Å². The fraction of sp³-hybridized carbons (Fsp3) is 0.364. The number of thioether (sulfide) groups is 1. The van der Waals surface area contributed by atoms with Gasteiger partial charge < -0.3 is 9.47 Å². The van der Waals surface area contributed by atoms with Crippen molar-refractivity contribution in [2.45, 2.75) is 11.8 Å². The zero-order valence-electron chi connectivity index (χ0n) is 8.86. The van der Waals surface area contributed by atoms with Gasteiger partial charge in [-0.3, -0.25) is 4.79 Å². The molecule has 0 heterocycles. The summed E-state index contributed by atoms with van der Waals surface area (Å²) in [5.74, 6) is 0.897. The second-order valence-corrected chi connectivity index (χ2v) is 3.76. The van der Waals surface area contributed by atoms with Gasteiger partial charge >= 0.3 is 5.97 Å². The number of carbonyl (C=O) groups excluding carboxylic acids is 1. The average Bonchev–Trinajstić information content (AvgIpc) is 2.27. The van der Waals surface area contributed by atoms with Crippen LogP contribution in [0.4, 0.5) is 0 Å². The van der Waals surface area contributed by atoms with Crippen LogP contribution in [0, 0.1) is 0 Å². The lowest BCUT2D eigenvalue weighted by molar-refractivity contribution is -0.139. The van der Waals surface area contributed by atoms with Crippen LogP contribution in [0.1, 0.15) is 6.92 Å². The van der Waals surface area contributed by atoms with E-state index in [1.54, 1.807) is 14.0 Å². The van der Waals surface area contributed by atoms with Crippen molar-refractivity contribution in [1.29, 1.82) is 0 Å². The van der Waals surface area contributed by atoms with Gasteiger partial charge in [-0.05, 0) is 19.1 Å². The molecule has 3 nitrogen and oxygen atoms in total. The first-order chi connectivity index (χ1) is 7.27. The maximum Gasteiger partial charge on any atom is 0.316 e. The second kappa shape index (κ2) is 6.35. The predicted octanol–water partition coefficient (Wildman–Crippen LogP) is 2.35. The minimum absolute atomic E-state index is 0.201. The summed E-state index contributed by atoms with van der Waals surface area (Å²) in [6.07, 6.45) is 0. The molecule has 0 spiro atoms. The third-order valence-electron chi connectivity index (χ3n) is 1.72. The van der Waals surface area contributed by atoms with Crippen molar-refractivity contribution in [3.8, 4) is 5.75 Å². The molecule has 0 fully saturated rings. The lowest BCUT2D eigenvalue weighted by Crippen LogP contribution is -2.06. The van der Waals surface area contributed by atoms with Gasteiger partial charge in [-0.1, -0.05) is 12.1 Å². The van der Waals surface area contributed by atoms with Gasteiger partial charge in [0.15, 0.2) is 0 Å². The van der Waals surface area contributed by atoms with E-state index in [1.165, 1.54) is 11.8 Å². The Bertz CT molecular complexity index is 325. The van der Waals surface area contributed by atoms with Crippen molar-refractivity contribution in [2.75, 3.05) is 19.5 Å². The van der Waals surface area contributed by atoms with Gasteiger partial charge in [0.2, 0.25) is 0 Å². The number of ether oxygens (including phenoxy) is 2. The van der Waals surface area contributed by atoms with Crippen molar-refractivity contribution in [3.63, 3.8) is 0 Å². The fourth-order valence-corrected chi connectivity index (χ4v) is 1.90. The van der Waals surface area contributed by atoms with Crippen LogP contribution in [0.3, 0.4) is 0 Å². The predicted molar refractivity (Wildman–Crippen MR) is 60.4 cm³/mol. The smallest absolute Gasteiger partial charge is 0.316 e. The first kappa shape index (κ1) is 11.9. The summed E-state index contributed by atoms with van der Waals surface area (Å²) in [7, 11) is 1.61. The molecule has 1 rings (SSSR count). The Hall–Kier alpha value is -1.16. The quantitative estimate of drug-likeness (QED) is 0.570. The zero-order valence-corrected chi connectivity index (χ0v) is 9.67. The molecule has 0 aromatic heterocycles. The Morgan fingerprint density at radius 2 is 2.13 bits per heavy atom. The van der Waals surface area contributed by atoms with Crippen molar-refractivity contribution in [3.05, 3.63) is 24.3 Å². The van der Waals surface area contributed by atoms with Crippen LogP contribution in [0.2, 0.25) is 0 Å². The summed E-state index contributed by atoms with van der Waals surface area (Å²) in [6.45, 7) is 2.22. The third-order valence-corrected chi connectivity index (χ3v) is 2.75. The van der Waals surface area contributed by atoms with Gasteiger partial charge in [0.05, 0.1) is 19.5 Å². The highest BCUT2D eigenvalue weighted by Gasteiger charge is 2.06. The third kappa shape index (κ3) is 3.83. The molecule has 15 heavy (non-hydrogen) atoms. The van der Waals surface area contributed by atoms with Crippen LogP contribution in [-0.2, 0) is 9.53 Å². The normalized spacial score (nSPS) is 9.73. The molecule has 0 bridgehead atoms. The monoisotopic (exact) mass is 226 g/mol. The molecular formula is C11H14O3S. The molecule has 82 valence electrons. The average molecular weight is 226 g/mol. The Labute approximate surface area is 93.8 Å². The van der Waals surface area contributed by atoms with Crippen LogP contribution in [0.5, 0.6) is 5.75 Å². The van der Waals surface area contributed by atoms with Gasteiger partial charge in [0.1, 0.15) is 5.75 Å². The van der Waals surface area contributed by atoms with E-state index in [0.717, 1.165) is 10.6 Å². The maximum absolute atomic E-state index is 11.1. The Balaban J connectivity index is 2.53. The first-order valence-corrected chi connectivity index (χ1v) is 5.68. The molecular weight excluding hydrogens is 212 g/mol. The number of carbonyl (C=O) groups is 1. The minimum Gasteiger partial charge on any atom is -0.496 e. The summed E-state index contributed by atoms with van der Waals surface area (Å²) in [5, 5.41) is 0. The largest absolute Gasteiger partial charge is 0.496 e. The molecule has 1 aromatic carbocycles. The minimum atomic E-state index is -0.201. The number of para-hydroxylation sites is 1. The summed E-state index contributed by atoms with van der Waals surface area (Å²) in [4.78, 5) is 12.1. The zero-order chi connectivity index (χ0) is 11.1. The highest BCUT2D eigenvalue weighted by atomic mass is 32.2. The van der Waals surface area contributed by atoms with E-state index in [0.29, 0.717) is 12.4 Å². The molecule has 0 aliphatic carbocycles. The maximum atomic E-state index is 11.1. The lowest BCUT2D eigenvalue weighted by atomic mass is 10.3. The topological polar surface area (TPSA) is 35.5 Å². The number of esters is 1. The Morgan fingerprint density at radius 3 is 2.80 bits per heavy atom. The van der Waals surface area contributed by atoms with Crippen molar-refractivity contribution >= 4 is 17.7 Å². The summed E-state index contributed by atoms with van der Waals surface area (Å²) in [5.41, 5.74) is 0. The molecule has 0 saturated carbocycles. The molecule has 0 amide bonds. The Morgan fingerprint density at radius 1 is 1.40 bits per heavy atom. The van der Waals surface area contributed by atoms with E-state index >= 15 is 0 Å². The SMILES string of the molecule is CCOC(=O)CSc1ccccc1OC. The fourth-order valence-electron chi connectivity index (χ4n) is 1.08. The molecule has 4 heteroatoms. The van der Waals surface area contributed by atoms with E-state index in [1.807, 2.05) is 24.3 Å². The molecule has 0 radical (unpaired) electrons. The molecule has 0 saturated heterocycles. The highest BCUT2D eigenvalue weighted by Crippen LogP contribution is 2.28. The molecule has 0 aliphatic rings. The molecule has 0 aliphatic heterocycles. The van der Waals surface area contributed by atoms with Crippen molar-refractivity contribution in [2.24, 2.45) is 0 Å². The second-order valence-electron chi connectivity index (χ2n) is 2.74. The summed E-state index contributed by atoms with van der Waals surface area (Å²) >= 11 is 1.42. The molecule has 1 aromatic rings. The summed E-state index contributed by atoms with van der Waals surface area (Å²) in [6, 6.07) is 7.60. The number of rotatable bonds is 5. The van der Waals surface area contributed by atoms with E-state index in [-0.39, 0.29) is 5.97 Å². The number of hydrogen-bond donors (Lipinski definition) is 0. The van der Waals surface area contributed by atoms with Gasteiger partial charge in [-0.15, -0.1) is 11.8 Å².